The van der Waals surface area contributed by atoms with Crippen molar-refractivity contribution in [2.24, 2.45) is 5.92 Å². The Hall–Kier alpha value is -2.19. The zero-order chi connectivity index (χ0) is 21.3. The van der Waals surface area contributed by atoms with Crippen molar-refractivity contribution < 1.29 is 13.2 Å². The van der Waals surface area contributed by atoms with Crippen LogP contribution in [-0.4, -0.2) is 59.3 Å². The number of nitrogens with zero attached hydrogens (tertiary/aromatic N) is 4. The number of benzene rings is 1. The SMILES string of the molecule is Cc1ccc(S(=O)(=O)N2CCC(C(=O)N3CCC(n4ccnc4)CC3)CC2)c(C)c1. The van der Waals surface area contributed by atoms with Crippen molar-refractivity contribution in [2.75, 3.05) is 26.2 Å². The van der Waals surface area contributed by atoms with E-state index >= 15 is 0 Å². The minimum atomic E-state index is -3.52. The highest BCUT2D eigenvalue weighted by Crippen LogP contribution is 2.29. The largest absolute Gasteiger partial charge is 0.342 e. The van der Waals surface area contributed by atoms with E-state index in [0.717, 1.165) is 37.1 Å². The van der Waals surface area contributed by atoms with Gasteiger partial charge in [0, 0.05) is 50.5 Å². The highest BCUT2D eigenvalue weighted by atomic mass is 32.2. The van der Waals surface area contributed by atoms with Crippen molar-refractivity contribution in [2.45, 2.75) is 50.5 Å². The lowest BCUT2D eigenvalue weighted by molar-refractivity contribution is -0.138. The van der Waals surface area contributed by atoms with Crippen molar-refractivity contribution in [1.29, 1.82) is 0 Å². The molecule has 0 spiro atoms. The Morgan fingerprint density at radius 1 is 1.03 bits per heavy atom. The molecule has 0 aliphatic carbocycles. The minimum Gasteiger partial charge on any atom is -0.342 e. The van der Waals surface area contributed by atoms with Crippen LogP contribution in [0.15, 0.2) is 41.8 Å². The molecule has 0 N–H and O–H groups in total. The number of imidazole rings is 1. The van der Waals surface area contributed by atoms with Crippen LogP contribution in [0.2, 0.25) is 0 Å². The van der Waals surface area contributed by atoms with E-state index < -0.39 is 10.0 Å². The van der Waals surface area contributed by atoms with E-state index in [2.05, 4.69) is 9.55 Å². The smallest absolute Gasteiger partial charge is 0.243 e. The van der Waals surface area contributed by atoms with Gasteiger partial charge in [0.25, 0.3) is 0 Å². The Bertz CT molecular complexity index is 987. The molecule has 162 valence electrons. The first-order valence-corrected chi connectivity index (χ1v) is 12.1. The van der Waals surface area contributed by atoms with E-state index in [4.69, 9.17) is 0 Å². The summed E-state index contributed by atoms with van der Waals surface area (Å²) in [5.74, 6) is 0.100. The first-order valence-electron chi connectivity index (χ1n) is 10.7. The second-order valence-corrected chi connectivity index (χ2v) is 10.4. The van der Waals surface area contributed by atoms with Crippen LogP contribution in [0.1, 0.15) is 42.9 Å². The van der Waals surface area contributed by atoms with Crippen LogP contribution in [0.3, 0.4) is 0 Å². The molecule has 2 fully saturated rings. The lowest BCUT2D eigenvalue weighted by Gasteiger charge is -2.37. The third-order valence-electron chi connectivity index (χ3n) is 6.47. The number of aryl methyl sites for hydroxylation is 2. The summed E-state index contributed by atoms with van der Waals surface area (Å²) in [6, 6.07) is 5.84. The number of hydrogen-bond donors (Lipinski definition) is 0. The summed E-state index contributed by atoms with van der Waals surface area (Å²) in [5.41, 5.74) is 1.82. The molecule has 0 atom stereocenters. The van der Waals surface area contributed by atoms with E-state index in [-0.39, 0.29) is 11.8 Å². The number of amides is 1. The molecule has 3 heterocycles. The molecular weight excluding hydrogens is 400 g/mol. The fourth-order valence-corrected chi connectivity index (χ4v) is 6.37. The Kier molecular flexibility index (Phi) is 5.97. The number of rotatable bonds is 4. The molecule has 0 radical (unpaired) electrons. The van der Waals surface area contributed by atoms with Crippen molar-refractivity contribution in [3.8, 4) is 0 Å². The van der Waals surface area contributed by atoms with Crippen molar-refractivity contribution in [1.82, 2.24) is 18.8 Å². The van der Waals surface area contributed by atoms with E-state index in [1.54, 1.807) is 16.6 Å². The summed E-state index contributed by atoms with van der Waals surface area (Å²) < 4.78 is 29.8. The Morgan fingerprint density at radius 3 is 2.33 bits per heavy atom. The van der Waals surface area contributed by atoms with Gasteiger partial charge < -0.3 is 9.47 Å². The Labute approximate surface area is 178 Å². The summed E-state index contributed by atoms with van der Waals surface area (Å²) >= 11 is 0. The molecule has 7 nitrogen and oxygen atoms in total. The van der Waals surface area contributed by atoms with Crippen molar-refractivity contribution in [3.05, 3.63) is 48.0 Å². The topological polar surface area (TPSA) is 75.5 Å². The van der Waals surface area contributed by atoms with Crippen molar-refractivity contribution >= 4 is 15.9 Å². The number of piperidine rings is 2. The quantitative estimate of drug-likeness (QED) is 0.747. The number of carbonyl (C=O) groups is 1. The molecule has 2 aliphatic rings. The number of hydrogen-bond acceptors (Lipinski definition) is 4. The first-order chi connectivity index (χ1) is 14.4. The normalized spacial score (nSPS) is 19.9. The molecular formula is C22H30N4O3S. The predicted molar refractivity (Wildman–Crippen MR) is 114 cm³/mol. The van der Waals surface area contributed by atoms with Crippen LogP contribution in [-0.2, 0) is 14.8 Å². The van der Waals surface area contributed by atoms with E-state index in [9.17, 15) is 13.2 Å². The van der Waals surface area contributed by atoms with Gasteiger partial charge in [0.1, 0.15) is 0 Å². The molecule has 1 amide bonds. The molecule has 1 aromatic heterocycles. The summed E-state index contributed by atoms with van der Waals surface area (Å²) in [6.45, 7) is 6.10. The van der Waals surface area contributed by atoms with Crippen molar-refractivity contribution in [3.63, 3.8) is 0 Å². The Balaban J connectivity index is 1.33. The second-order valence-electron chi connectivity index (χ2n) is 8.51. The maximum Gasteiger partial charge on any atom is 0.243 e. The summed E-state index contributed by atoms with van der Waals surface area (Å²) in [4.78, 5) is 19.5. The lowest BCUT2D eigenvalue weighted by Crippen LogP contribution is -2.46. The number of aromatic nitrogens is 2. The summed E-state index contributed by atoms with van der Waals surface area (Å²) in [5, 5.41) is 0. The van der Waals surface area contributed by atoms with Crippen LogP contribution in [0.25, 0.3) is 0 Å². The van der Waals surface area contributed by atoms with E-state index in [1.807, 2.05) is 43.4 Å². The molecule has 2 saturated heterocycles. The third kappa shape index (κ3) is 4.16. The van der Waals surface area contributed by atoms with Crippen LogP contribution < -0.4 is 0 Å². The zero-order valence-corrected chi connectivity index (χ0v) is 18.5. The highest BCUT2D eigenvalue weighted by Gasteiger charge is 2.35. The molecule has 2 aromatic rings. The van der Waals surface area contributed by atoms with Gasteiger partial charge >= 0.3 is 0 Å². The van der Waals surface area contributed by atoms with Gasteiger partial charge in [-0.15, -0.1) is 0 Å². The van der Waals surface area contributed by atoms with E-state index in [0.29, 0.717) is 36.9 Å². The molecule has 1 aromatic carbocycles. The molecule has 30 heavy (non-hydrogen) atoms. The highest BCUT2D eigenvalue weighted by molar-refractivity contribution is 7.89. The average molecular weight is 431 g/mol. The zero-order valence-electron chi connectivity index (χ0n) is 17.7. The molecule has 0 unspecified atom stereocenters. The first kappa shape index (κ1) is 21.1. The van der Waals surface area contributed by atoms with Gasteiger partial charge in [0.05, 0.1) is 11.2 Å². The van der Waals surface area contributed by atoms with Gasteiger partial charge in [-0.3, -0.25) is 4.79 Å². The Morgan fingerprint density at radius 2 is 1.73 bits per heavy atom. The van der Waals surface area contributed by atoms with Gasteiger partial charge in [-0.05, 0) is 51.2 Å². The third-order valence-corrected chi connectivity index (χ3v) is 8.53. The van der Waals surface area contributed by atoms with Gasteiger partial charge in [0.15, 0.2) is 0 Å². The number of likely N-dealkylation sites (tertiary alicyclic amines) is 1. The van der Waals surface area contributed by atoms with Gasteiger partial charge in [-0.1, -0.05) is 17.7 Å². The predicted octanol–water partition coefficient (Wildman–Crippen LogP) is 2.76. The van der Waals surface area contributed by atoms with Gasteiger partial charge in [-0.25, -0.2) is 13.4 Å². The average Bonchev–Trinajstić information content (AvgIpc) is 3.28. The number of sulfonamides is 1. The van der Waals surface area contributed by atoms with Gasteiger partial charge in [-0.2, -0.15) is 4.31 Å². The van der Waals surface area contributed by atoms with Crippen LogP contribution in [0.5, 0.6) is 0 Å². The fraction of sp³-hybridized carbons (Fsp3) is 0.545. The maximum atomic E-state index is 13.1. The standard InChI is InChI=1S/C22H30N4O3S/c1-17-3-4-21(18(2)15-17)30(28,29)26-12-5-19(6-13-26)22(27)24-10-7-20(8-11-24)25-14-9-23-16-25/h3-4,9,14-16,19-20H,5-8,10-13H2,1-2H3. The maximum absolute atomic E-state index is 13.1. The molecule has 0 saturated carbocycles. The minimum absolute atomic E-state index is 0.0830. The summed E-state index contributed by atoms with van der Waals surface area (Å²) in [7, 11) is -3.52. The molecule has 0 bridgehead atoms. The molecule has 4 rings (SSSR count). The van der Waals surface area contributed by atoms with Gasteiger partial charge in [0.2, 0.25) is 15.9 Å². The van der Waals surface area contributed by atoms with E-state index in [1.165, 1.54) is 0 Å². The monoisotopic (exact) mass is 430 g/mol. The second kappa shape index (κ2) is 8.51. The van der Waals surface area contributed by atoms with Crippen LogP contribution >= 0.6 is 0 Å². The molecule has 8 heteroatoms. The summed E-state index contributed by atoms with van der Waals surface area (Å²) in [6.07, 6.45) is 8.65. The fourth-order valence-electron chi connectivity index (χ4n) is 4.70. The van der Waals surface area contributed by atoms with Crippen LogP contribution in [0.4, 0.5) is 0 Å². The number of carbonyl (C=O) groups excluding carboxylic acids is 1. The van der Waals surface area contributed by atoms with Crippen LogP contribution in [0, 0.1) is 19.8 Å². The molecule has 2 aliphatic heterocycles. The lowest BCUT2D eigenvalue weighted by atomic mass is 9.95.